The smallest absolute Gasteiger partial charge is 0.318 e. The molecular weight excluding hydrogens is 330 g/mol. The van der Waals surface area contributed by atoms with Crippen LogP contribution in [0.3, 0.4) is 0 Å². The van der Waals surface area contributed by atoms with Crippen LogP contribution in [-0.2, 0) is 24.3 Å². The zero-order valence-corrected chi connectivity index (χ0v) is 14.9. The van der Waals surface area contributed by atoms with Crippen LogP contribution >= 0.6 is 0 Å². The van der Waals surface area contributed by atoms with Gasteiger partial charge in [-0.25, -0.2) is 13.1 Å². The molecule has 2 unspecified atom stereocenters. The molecule has 0 aliphatic heterocycles. The number of esters is 1. The van der Waals surface area contributed by atoms with Crippen molar-refractivity contribution >= 4 is 21.8 Å². The molecule has 1 aromatic carbocycles. The molecule has 132 valence electrons. The molecule has 2 rings (SSSR count). The van der Waals surface area contributed by atoms with Gasteiger partial charge in [-0.1, -0.05) is 17.7 Å². The molecule has 1 aromatic rings. The molecule has 1 fully saturated rings. The number of ketones is 1. The van der Waals surface area contributed by atoms with Gasteiger partial charge < -0.3 is 4.74 Å². The Bertz CT molecular complexity index is 707. The summed E-state index contributed by atoms with van der Waals surface area (Å²) in [5, 5.41) is 0. The predicted octanol–water partition coefficient (Wildman–Crippen LogP) is 1.82. The van der Waals surface area contributed by atoms with Crippen molar-refractivity contribution in [1.82, 2.24) is 4.72 Å². The molecule has 1 N–H and O–H groups in total. The average molecular weight is 353 g/mol. The summed E-state index contributed by atoms with van der Waals surface area (Å²) in [5.41, 5.74) is 0.940. The van der Waals surface area contributed by atoms with Crippen LogP contribution in [0.5, 0.6) is 0 Å². The van der Waals surface area contributed by atoms with Gasteiger partial charge in [0.2, 0.25) is 10.0 Å². The van der Waals surface area contributed by atoms with Crippen LogP contribution in [0.4, 0.5) is 0 Å². The number of Topliss-reactive ketones (excluding diaryl/α,β-unsaturated/α-hetero) is 1. The standard InChI is InChI=1S/C17H23NO5S/c1-4-23-17(20)15(16(19)13-7-8-13)12(3)18-24(21,22)14-9-5-11(2)6-10-14/h5-6,9-10,12-13,15,18H,4,7-8H2,1-3H3. The number of sulfonamides is 1. The lowest BCUT2D eigenvalue weighted by Gasteiger charge is -2.22. The van der Waals surface area contributed by atoms with E-state index in [1.165, 1.54) is 19.1 Å². The minimum Gasteiger partial charge on any atom is -0.465 e. The maximum absolute atomic E-state index is 12.5. The highest BCUT2D eigenvalue weighted by atomic mass is 32.2. The molecule has 1 saturated carbocycles. The molecule has 0 heterocycles. The molecule has 1 aliphatic rings. The van der Waals surface area contributed by atoms with Crippen LogP contribution in [0.1, 0.15) is 32.3 Å². The van der Waals surface area contributed by atoms with Crippen molar-refractivity contribution in [3.63, 3.8) is 0 Å². The Balaban J connectivity index is 2.19. The Hall–Kier alpha value is -1.73. The summed E-state index contributed by atoms with van der Waals surface area (Å²) in [4.78, 5) is 24.6. The number of hydrogen-bond acceptors (Lipinski definition) is 5. The first-order chi connectivity index (χ1) is 11.3. The van der Waals surface area contributed by atoms with Crippen molar-refractivity contribution in [3.05, 3.63) is 29.8 Å². The molecule has 2 atom stereocenters. The average Bonchev–Trinajstić information content (AvgIpc) is 3.32. The minimum atomic E-state index is -3.82. The summed E-state index contributed by atoms with van der Waals surface area (Å²) < 4.78 is 32.4. The summed E-state index contributed by atoms with van der Waals surface area (Å²) in [6, 6.07) is 5.50. The van der Waals surface area contributed by atoms with Crippen molar-refractivity contribution in [3.8, 4) is 0 Å². The van der Waals surface area contributed by atoms with Gasteiger partial charge in [-0.3, -0.25) is 9.59 Å². The van der Waals surface area contributed by atoms with Crippen molar-refractivity contribution in [1.29, 1.82) is 0 Å². The Morgan fingerprint density at radius 1 is 1.25 bits per heavy atom. The number of carbonyl (C=O) groups is 2. The van der Waals surface area contributed by atoms with Gasteiger partial charge in [-0.15, -0.1) is 0 Å². The maximum atomic E-state index is 12.5. The fraction of sp³-hybridized carbons (Fsp3) is 0.529. The maximum Gasteiger partial charge on any atom is 0.318 e. The number of hydrogen-bond donors (Lipinski definition) is 1. The molecule has 0 bridgehead atoms. The summed E-state index contributed by atoms with van der Waals surface area (Å²) in [7, 11) is -3.82. The summed E-state index contributed by atoms with van der Waals surface area (Å²) in [5.74, 6) is -2.19. The number of benzene rings is 1. The summed E-state index contributed by atoms with van der Waals surface area (Å²) in [6.07, 6.45) is 1.48. The number of ether oxygens (including phenoxy) is 1. The van der Waals surface area contributed by atoms with E-state index in [4.69, 9.17) is 4.74 Å². The van der Waals surface area contributed by atoms with Gasteiger partial charge in [0.25, 0.3) is 0 Å². The van der Waals surface area contributed by atoms with E-state index >= 15 is 0 Å². The second-order valence-corrected chi connectivity index (χ2v) is 7.84. The second kappa shape index (κ2) is 7.44. The van der Waals surface area contributed by atoms with E-state index in [-0.39, 0.29) is 23.2 Å². The highest BCUT2D eigenvalue weighted by Crippen LogP contribution is 2.34. The molecule has 0 aromatic heterocycles. The van der Waals surface area contributed by atoms with Crippen LogP contribution in [0.15, 0.2) is 29.2 Å². The third-order valence-electron chi connectivity index (χ3n) is 4.00. The van der Waals surface area contributed by atoms with E-state index in [9.17, 15) is 18.0 Å². The topological polar surface area (TPSA) is 89.5 Å². The van der Waals surface area contributed by atoms with Crippen LogP contribution in [0, 0.1) is 18.8 Å². The fourth-order valence-corrected chi connectivity index (χ4v) is 3.77. The van der Waals surface area contributed by atoms with E-state index in [1.54, 1.807) is 19.1 Å². The summed E-state index contributed by atoms with van der Waals surface area (Å²) >= 11 is 0. The van der Waals surface area contributed by atoms with E-state index < -0.39 is 28.0 Å². The molecule has 0 amide bonds. The second-order valence-electron chi connectivity index (χ2n) is 6.13. The largest absolute Gasteiger partial charge is 0.465 e. The zero-order chi connectivity index (χ0) is 17.9. The Kier molecular flexibility index (Phi) is 5.77. The van der Waals surface area contributed by atoms with E-state index in [0.29, 0.717) is 0 Å². The number of carbonyl (C=O) groups excluding carboxylic acids is 2. The van der Waals surface area contributed by atoms with Crippen LogP contribution in [0.2, 0.25) is 0 Å². The van der Waals surface area contributed by atoms with Crippen molar-refractivity contribution in [2.75, 3.05) is 6.61 Å². The van der Waals surface area contributed by atoms with E-state index in [0.717, 1.165) is 18.4 Å². The van der Waals surface area contributed by atoms with Gasteiger partial charge in [-0.05, 0) is 45.7 Å². The van der Waals surface area contributed by atoms with Crippen LogP contribution in [-0.4, -0.2) is 32.8 Å². The third-order valence-corrected chi connectivity index (χ3v) is 5.57. The molecule has 0 spiro atoms. The van der Waals surface area contributed by atoms with Gasteiger partial charge in [0.1, 0.15) is 5.92 Å². The lowest BCUT2D eigenvalue weighted by Crippen LogP contribution is -2.46. The van der Waals surface area contributed by atoms with E-state index in [1.807, 2.05) is 6.92 Å². The fourth-order valence-electron chi connectivity index (χ4n) is 2.52. The molecule has 0 radical (unpaired) electrons. The van der Waals surface area contributed by atoms with Crippen molar-refractivity contribution in [2.24, 2.45) is 11.8 Å². The molecule has 6 nitrogen and oxygen atoms in total. The zero-order valence-electron chi connectivity index (χ0n) is 14.1. The molecule has 1 aliphatic carbocycles. The van der Waals surface area contributed by atoms with Gasteiger partial charge in [0.05, 0.1) is 11.5 Å². The first kappa shape index (κ1) is 18.6. The first-order valence-electron chi connectivity index (χ1n) is 8.05. The summed E-state index contributed by atoms with van der Waals surface area (Å²) in [6.45, 7) is 5.17. The van der Waals surface area contributed by atoms with Gasteiger partial charge in [-0.2, -0.15) is 0 Å². The molecule has 24 heavy (non-hydrogen) atoms. The highest BCUT2D eigenvalue weighted by molar-refractivity contribution is 7.89. The third kappa shape index (κ3) is 4.42. The molecular formula is C17H23NO5S. The number of rotatable bonds is 8. The number of aryl methyl sites for hydroxylation is 1. The highest BCUT2D eigenvalue weighted by Gasteiger charge is 2.43. The Morgan fingerprint density at radius 2 is 1.83 bits per heavy atom. The number of nitrogens with one attached hydrogen (secondary N) is 1. The minimum absolute atomic E-state index is 0.0985. The SMILES string of the molecule is CCOC(=O)C(C(=O)C1CC1)C(C)NS(=O)(=O)c1ccc(C)cc1. The van der Waals surface area contributed by atoms with E-state index in [2.05, 4.69) is 4.72 Å². The Labute approximate surface area is 142 Å². The lowest BCUT2D eigenvalue weighted by molar-refractivity contribution is -0.152. The monoisotopic (exact) mass is 353 g/mol. The van der Waals surface area contributed by atoms with Gasteiger partial charge in [0.15, 0.2) is 5.78 Å². The van der Waals surface area contributed by atoms with Gasteiger partial charge in [0, 0.05) is 12.0 Å². The first-order valence-corrected chi connectivity index (χ1v) is 9.54. The van der Waals surface area contributed by atoms with Crippen LogP contribution < -0.4 is 4.72 Å². The van der Waals surface area contributed by atoms with Gasteiger partial charge >= 0.3 is 5.97 Å². The van der Waals surface area contributed by atoms with Crippen molar-refractivity contribution < 1.29 is 22.7 Å². The normalized spacial score (nSPS) is 17.1. The van der Waals surface area contributed by atoms with Crippen molar-refractivity contribution in [2.45, 2.75) is 44.6 Å². The predicted molar refractivity (Wildman–Crippen MR) is 88.8 cm³/mol. The van der Waals surface area contributed by atoms with Crippen LogP contribution in [0.25, 0.3) is 0 Å². The lowest BCUT2D eigenvalue weighted by atomic mass is 9.94. The Morgan fingerprint density at radius 3 is 2.33 bits per heavy atom. The molecule has 7 heteroatoms. The molecule has 0 saturated heterocycles. The quantitative estimate of drug-likeness (QED) is 0.569.